The summed E-state index contributed by atoms with van der Waals surface area (Å²) in [5.74, 6) is 1.26. The first-order valence-electron chi connectivity index (χ1n) is 22.0. The molecule has 63 heavy (non-hydrogen) atoms. The van der Waals surface area contributed by atoms with E-state index in [0.717, 1.165) is 46.8 Å². The lowest BCUT2D eigenvalue weighted by Gasteiger charge is -2.26. The summed E-state index contributed by atoms with van der Waals surface area (Å²) in [6.07, 6.45) is 19.7. The van der Waals surface area contributed by atoms with Crippen LogP contribution in [-0.4, -0.2) is 6.10 Å². The quantitative estimate of drug-likeness (QED) is 0.141. The van der Waals surface area contributed by atoms with Crippen molar-refractivity contribution in [1.82, 2.24) is 0 Å². The molecule has 0 spiro atoms. The molecule has 0 amide bonds. The van der Waals surface area contributed by atoms with Crippen molar-refractivity contribution in [1.29, 1.82) is 0 Å². The van der Waals surface area contributed by atoms with Crippen molar-refractivity contribution in [3.05, 3.63) is 251 Å². The second kappa shape index (κ2) is 16.7. The van der Waals surface area contributed by atoms with E-state index >= 15 is 0 Å². The number of fused-ring (bicyclic) bond motifs is 6. The van der Waals surface area contributed by atoms with Gasteiger partial charge in [-0.3, -0.25) is 0 Å². The van der Waals surface area contributed by atoms with Crippen LogP contribution in [-0.2, 0) is 11.8 Å². The van der Waals surface area contributed by atoms with Crippen molar-refractivity contribution in [2.45, 2.75) is 51.0 Å². The van der Waals surface area contributed by atoms with E-state index in [1.165, 1.54) is 66.8 Å². The highest BCUT2D eigenvalue weighted by Gasteiger charge is 2.36. The Morgan fingerprint density at radius 3 is 2.14 bits per heavy atom. The number of ether oxygens (including phenoxy) is 1. The summed E-state index contributed by atoms with van der Waals surface area (Å²) in [6, 6.07) is 58.2. The summed E-state index contributed by atoms with van der Waals surface area (Å²) in [5.41, 5.74) is 21.5. The summed E-state index contributed by atoms with van der Waals surface area (Å²) < 4.78 is 6.53. The molecule has 308 valence electrons. The predicted octanol–water partition coefficient (Wildman–Crippen LogP) is 15.9. The number of nitrogens with zero attached hydrogens (tertiary/aromatic N) is 1. The van der Waals surface area contributed by atoms with Gasteiger partial charge in [0.25, 0.3) is 0 Å². The lowest BCUT2D eigenvalue weighted by Crippen LogP contribution is -2.15. The molecule has 2 atom stereocenters. The third kappa shape index (κ3) is 7.32. The van der Waals surface area contributed by atoms with E-state index in [1.54, 1.807) is 0 Å². The van der Waals surface area contributed by atoms with E-state index in [1.807, 2.05) is 0 Å². The van der Waals surface area contributed by atoms with Crippen molar-refractivity contribution >= 4 is 40.9 Å². The Bertz CT molecular complexity index is 3040. The number of halogens is 1. The zero-order valence-electron chi connectivity index (χ0n) is 36.0. The average Bonchev–Trinajstić information content (AvgIpc) is 3.67. The molecule has 0 N–H and O–H groups in total. The highest BCUT2D eigenvalue weighted by Crippen LogP contribution is 2.50. The first kappa shape index (κ1) is 40.6. The molecule has 7 aromatic carbocycles. The molecule has 0 saturated carbocycles. The molecule has 1 aliphatic heterocycles. The van der Waals surface area contributed by atoms with Gasteiger partial charge in [-0.2, -0.15) is 0 Å². The van der Waals surface area contributed by atoms with Gasteiger partial charge in [-0.05, 0) is 129 Å². The van der Waals surface area contributed by atoms with Gasteiger partial charge in [0.05, 0.1) is 0 Å². The Hall–Kier alpha value is -6.43. The monoisotopic (exact) mass is 927 g/mol. The maximum Gasteiger partial charge on any atom is 0.132 e. The Labute approximate surface area is 389 Å². The Morgan fingerprint density at radius 1 is 0.587 bits per heavy atom. The number of allylic oxidation sites excluding steroid dienone is 7. The maximum absolute atomic E-state index is 6.53. The topological polar surface area (TPSA) is 12.5 Å². The van der Waals surface area contributed by atoms with Gasteiger partial charge in [0, 0.05) is 39.5 Å². The van der Waals surface area contributed by atoms with Gasteiger partial charge >= 0.3 is 0 Å². The normalized spacial score (nSPS) is 17.3. The lowest BCUT2D eigenvalue weighted by molar-refractivity contribution is 0.270. The van der Waals surface area contributed by atoms with E-state index in [-0.39, 0.29) is 41.4 Å². The number of hydrogen-bond acceptors (Lipinski definition) is 2. The third-order valence-corrected chi connectivity index (χ3v) is 13.5. The Kier molecular flexibility index (Phi) is 10.8. The molecule has 0 bridgehead atoms. The molecule has 0 radical (unpaired) electrons. The van der Waals surface area contributed by atoms with Crippen LogP contribution in [0.3, 0.4) is 0 Å². The minimum Gasteiger partial charge on any atom is -0.484 e. The van der Waals surface area contributed by atoms with E-state index in [2.05, 4.69) is 232 Å². The number of para-hydroxylation sites is 2. The number of anilines is 2. The SMILES string of the molecule is Cc1ccccc1-c1cc(C2=CCC=C(N(c3ccccc3)c3ccc(-c4cccc5c4OC4C=CC=CC54)cc3)C=C2)ccc1Cc1ccc2c(c1)C(C)(C)c1ccccc1-2.I. The molecular weight excluding hydrogens is 878 g/mol. The molecule has 0 aromatic heterocycles. The second-order valence-corrected chi connectivity index (χ2v) is 17.6. The number of benzene rings is 7. The Balaban J connectivity index is 0.00000471. The van der Waals surface area contributed by atoms with Crippen molar-refractivity contribution in [2.75, 3.05) is 4.90 Å². The van der Waals surface area contributed by atoms with E-state index in [0.29, 0.717) is 0 Å². The van der Waals surface area contributed by atoms with Crippen LogP contribution in [0.5, 0.6) is 5.75 Å². The van der Waals surface area contributed by atoms with Gasteiger partial charge in [0.1, 0.15) is 11.9 Å². The van der Waals surface area contributed by atoms with Gasteiger partial charge in [-0.25, -0.2) is 0 Å². The Morgan fingerprint density at radius 2 is 1.30 bits per heavy atom. The van der Waals surface area contributed by atoms with Crippen LogP contribution < -0.4 is 9.64 Å². The minimum atomic E-state index is -0.0256. The van der Waals surface area contributed by atoms with E-state index in [9.17, 15) is 0 Å². The summed E-state index contributed by atoms with van der Waals surface area (Å²) in [4.78, 5) is 2.37. The molecule has 2 nitrogen and oxygen atoms in total. The van der Waals surface area contributed by atoms with Crippen LogP contribution in [0.1, 0.15) is 65.1 Å². The van der Waals surface area contributed by atoms with Crippen molar-refractivity contribution in [3.8, 4) is 39.1 Å². The van der Waals surface area contributed by atoms with Gasteiger partial charge in [-0.1, -0.05) is 178 Å². The molecule has 3 heteroatoms. The summed E-state index contributed by atoms with van der Waals surface area (Å²) >= 11 is 0. The fraction of sp³-hybridized carbons (Fsp3) is 0.133. The van der Waals surface area contributed by atoms with Gasteiger partial charge in [0.15, 0.2) is 0 Å². The molecule has 3 aliphatic carbocycles. The maximum atomic E-state index is 6.53. The fourth-order valence-electron chi connectivity index (χ4n) is 10.2. The van der Waals surface area contributed by atoms with Crippen LogP contribution in [0.4, 0.5) is 11.4 Å². The molecule has 1 heterocycles. The van der Waals surface area contributed by atoms with Gasteiger partial charge in [-0.15, -0.1) is 24.0 Å². The van der Waals surface area contributed by atoms with Crippen molar-refractivity contribution in [3.63, 3.8) is 0 Å². The number of hydrogen-bond donors (Lipinski definition) is 0. The average molecular weight is 928 g/mol. The first-order valence-corrected chi connectivity index (χ1v) is 22.0. The molecule has 11 rings (SSSR count). The highest BCUT2D eigenvalue weighted by atomic mass is 127. The van der Waals surface area contributed by atoms with Crippen LogP contribution >= 0.6 is 24.0 Å². The molecule has 2 unspecified atom stereocenters. The van der Waals surface area contributed by atoms with Crippen molar-refractivity contribution in [2.24, 2.45) is 0 Å². The third-order valence-electron chi connectivity index (χ3n) is 13.5. The minimum absolute atomic E-state index is 0. The summed E-state index contributed by atoms with van der Waals surface area (Å²) in [6.45, 7) is 6.96. The fourth-order valence-corrected chi connectivity index (χ4v) is 10.2. The van der Waals surface area contributed by atoms with Crippen LogP contribution in [0.15, 0.2) is 212 Å². The molecular formula is C60H50INO. The molecule has 4 aliphatic rings. The van der Waals surface area contributed by atoms with Crippen molar-refractivity contribution < 1.29 is 4.74 Å². The predicted molar refractivity (Wildman–Crippen MR) is 275 cm³/mol. The zero-order chi connectivity index (χ0) is 41.8. The van der Waals surface area contributed by atoms with Gasteiger partial charge in [0.2, 0.25) is 0 Å². The standard InChI is InChI=1S/C60H49NO.HI/c1-40-15-7-8-20-49(40)55-39-44(28-29-45(55)37-41-27-36-52-51-21-9-11-25-56(51)60(2,3)57(52)38-41)42-16-13-19-47(33-30-42)61(46-17-5-4-6-18-46)48-34-31-43(32-35-48)50-23-14-24-54-53-22-10-12-26-58(53)62-59(50)54;/h4-12,14-36,38-39,53,58H,13,37H2,1-3H3;1H. The first-order chi connectivity index (χ1) is 30.4. The summed E-state index contributed by atoms with van der Waals surface area (Å²) in [5, 5.41) is 0. The largest absolute Gasteiger partial charge is 0.484 e. The number of rotatable bonds is 8. The smallest absolute Gasteiger partial charge is 0.132 e. The molecule has 0 saturated heterocycles. The number of aryl methyl sites for hydroxylation is 1. The summed E-state index contributed by atoms with van der Waals surface area (Å²) in [7, 11) is 0. The van der Waals surface area contributed by atoms with Gasteiger partial charge < -0.3 is 9.64 Å². The molecule has 7 aromatic rings. The lowest BCUT2D eigenvalue weighted by atomic mass is 9.81. The zero-order valence-corrected chi connectivity index (χ0v) is 38.3. The van der Waals surface area contributed by atoms with Crippen LogP contribution in [0.2, 0.25) is 0 Å². The van der Waals surface area contributed by atoms with Crippen LogP contribution in [0, 0.1) is 6.92 Å². The van der Waals surface area contributed by atoms with E-state index < -0.39 is 0 Å². The van der Waals surface area contributed by atoms with Crippen LogP contribution in [0.25, 0.3) is 39.0 Å². The highest BCUT2D eigenvalue weighted by molar-refractivity contribution is 14.0. The second-order valence-electron chi connectivity index (χ2n) is 17.6. The van der Waals surface area contributed by atoms with E-state index in [4.69, 9.17) is 4.74 Å². The molecule has 0 fully saturated rings.